The van der Waals surface area contributed by atoms with E-state index in [2.05, 4.69) is 4.98 Å². The summed E-state index contributed by atoms with van der Waals surface area (Å²) in [6.45, 7) is 0.888. The van der Waals surface area contributed by atoms with Crippen molar-refractivity contribution in [1.29, 1.82) is 0 Å². The van der Waals surface area contributed by atoms with Gasteiger partial charge in [-0.15, -0.1) is 0 Å². The molecule has 6 heteroatoms. The van der Waals surface area contributed by atoms with Crippen LogP contribution in [0.4, 0.5) is 0 Å². The standard InChI is InChI=1S/C24H19ClN2O3/c1-29-19-13-11-17(12-14-19)15-27-22(20-9-5-6-10-21(20)25)24(30-16-28)26-23(27)18-7-3-2-4-8-18/h2-14,16H,15H2,1H3. The van der Waals surface area contributed by atoms with Crippen LogP contribution in [0.25, 0.3) is 22.6 Å². The molecule has 150 valence electrons. The van der Waals surface area contributed by atoms with Crippen LogP contribution in [0.2, 0.25) is 5.02 Å². The number of hydrogen-bond acceptors (Lipinski definition) is 4. The first-order valence-corrected chi connectivity index (χ1v) is 9.73. The van der Waals surface area contributed by atoms with Crippen molar-refractivity contribution < 1.29 is 14.3 Å². The fourth-order valence-electron chi connectivity index (χ4n) is 3.35. The van der Waals surface area contributed by atoms with Crippen molar-refractivity contribution >= 4 is 18.1 Å². The van der Waals surface area contributed by atoms with Crippen LogP contribution in [-0.2, 0) is 11.3 Å². The lowest BCUT2D eigenvalue weighted by atomic mass is 10.1. The molecule has 4 rings (SSSR count). The Kier molecular flexibility index (Phi) is 5.82. The number of imidazole rings is 1. The van der Waals surface area contributed by atoms with Crippen LogP contribution in [-0.4, -0.2) is 23.1 Å². The first-order valence-electron chi connectivity index (χ1n) is 9.35. The molecule has 0 saturated heterocycles. The third-order valence-corrected chi connectivity index (χ3v) is 5.09. The van der Waals surface area contributed by atoms with Crippen LogP contribution in [0, 0.1) is 0 Å². The molecule has 0 aliphatic rings. The van der Waals surface area contributed by atoms with Crippen LogP contribution in [0.5, 0.6) is 11.6 Å². The zero-order chi connectivity index (χ0) is 20.9. The van der Waals surface area contributed by atoms with E-state index < -0.39 is 0 Å². The first kappa shape index (κ1) is 19.7. The van der Waals surface area contributed by atoms with Gasteiger partial charge in [-0.1, -0.05) is 72.3 Å². The molecular formula is C24H19ClN2O3. The Balaban J connectivity index is 1.93. The van der Waals surface area contributed by atoms with Gasteiger partial charge in [0.05, 0.1) is 12.1 Å². The number of benzene rings is 3. The molecule has 1 heterocycles. The molecule has 30 heavy (non-hydrogen) atoms. The second kappa shape index (κ2) is 8.84. The molecule has 0 fully saturated rings. The van der Waals surface area contributed by atoms with Crippen molar-refractivity contribution in [2.45, 2.75) is 6.54 Å². The number of hydrogen-bond donors (Lipinski definition) is 0. The second-order valence-corrected chi connectivity index (χ2v) is 6.99. The van der Waals surface area contributed by atoms with Gasteiger partial charge in [-0.25, -0.2) is 0 Å². The van der Waals surface area contributed by atoms with Crippen LogP contribution in [0.15, 0.2) is 78.9 Å². The Labute approximate surface area is 179 Å². The number of halogens is 1. The van der Waals surface area contributed by atoms with Crippen molar-refractivity contribution in [2.24, 2.45) is 0 Å². The van der Waals surface area contributed by atoms with Gasteiger partial charge < -0.3 is 14.0 Å². The normalized spacial score (nSPS) is 10.6. The molecule has 1 aromatic heterocycles. The minimum Gasteiger partial charge on any atom is -0.497 e. The highest BCUT2D eigenvalue weighted by Crippen LogP contribution is 2.38. The summed E-state index contributed by atoms with van der Waals surface area (Å²) in [5, 5.41) is 0.545. The predicted molar refractivity (Wildman–Crippen MR) is 117 cm³/mol. The zero-order valence-electron chi connectivity index (χ0n) is 16.3. The number of methoxy groups -OCH3 is 1. The summed E-state index contributed by atoms with van der Waals surface area (Å²) >= 11 is 6.50. The van der Waals surface area contributed by atoms with Crippen LogP contribution < -0.4 is 9.47 Å². The maximum absolute atomic E-state index is 11.2. The minimum atomic E-state index is 0.213. The molecule has 0 radical (unpaired) electrons. The van der Waals surface area contributed by atoms with Crippen LogP contribution in [0.3, 0.4) is 0 Å². The Morgan fingerprint density at radius 3 is 2.33 bits per heavy atom. The number of rotatable bonds is 7. The predicted octanol–water partition coefficient (Wildman–Crippen LogP) is 5.46. The summed E-state index contributed by atoms with van der Waals surface area (Å²) in [6, 6.07) is 25.0. The third kappa shape index (κ3) is 3.93. The molecule has 0 aliphatic carbocycles. The quantitative estimate of drug-likeness (QED) is 0.374. The lowest BCUT2D eigenvalue weighted by molar-refractivity contribution is -0.120. The molecule has 0 bridgehead atoms. The minimum absolute atomic E-state index is 0.213. The van der Waals surface area contributed by atoms with Gasteiger partial charge in [0.1, 0.15) is 17.3 Å². The van der Waals surface area contributed by atoms with Crippen LogP contribution >= 0.6 is 11.6 Å². The SMILES string of the molecule is COc1ccc(Cn2c(-c3ccccc3)nc(OC=O)c2-c2ccccc2Cl)cc1. The molecule has 0 amide bonds. The van der Waals surface area contributed by atoms with Crippen molar-refractivity contribution in [1.82, 2.24) is 9.55 Å². The Morgan fingerprint density at radius 2 is 1.67 bits per heavy atom. The molecule has 0 atom stereocenters. The van der Waals surface area contributed by atoms with E-state index >= 15 is 0 Å². The summed E-state index contributed by atoms with van der Waals surface area (Å²) in [4.78, 5) is 15.9. The number of nitrogens with zero attached hydrogens (tertiary/aromatic N) is 2. The number of carbonyl (C=O) groups excluding carboxylic acids is 1. The molecule has 0 N–H and O–H groups in total. The van der Waals surface area contributed by atoms with E-state index in [1.165, 1.54) is 0 Å². The molecule has 5 nitrogen and oxygen atoms in total. The maximum atomic E-state index is 11.2. The topological polar surface area (TPSA) is 53.4 Å². The molecule has 0 aliphatic heterocycles. The van der Waals surface area contributed by atoms with Gasteiger partial charge in [0, 0.05) is 17.7 Å². The van der Waals surface area contributed by atoms with E-state index in [1.807, 2.05) is 77.4 Å². The lowest BCUT2D eigenvalue weighted by Gasteiger charge is -2.14. The van der Waals surface area contributed by atoms with Gasteiger partial charge in [0.15, 0.2) is 0 Å². The Morgan fingerprint density at radius 1 is 0.967 bits per heavy atom. The number of aromatic nitrogens is 2. The van der Waals surface area contributed by atoms with E-state index in [1.54, 1.807) is 13.2 Å². The van der Waals surface area contributed by atoms with E-state index in [4.69, 9.17) is 21.1 Å². The molecule has 4 aromatic rings. The van der Waals surface area contributed by atoms with E-state index in [0.29, 0.717) is 29.6 Å². The van der Waals surface area contributed by atoms with Crippen LogP contribution in [0.1, 0.15) is 5.56 Å². The summed E-state index contributed by atoms with van der Waals surface area (Å²) in [5.74, 6) is 1.67. The lowest BCUT2D eigenvalue weighted by Crippen LogP contribution is -2.05. The summed E-state index contributed by atoms with van der Waals surface area (Å²) in [6.07, 6.45) is 0. The Hall–Kier alpha value is -3.57. The highest BCUT2D eigenvalue weighted by molar-refractivity contribution is 6.33. The van der Waals surface area contributed by atoms with Crippen molar-refractivity contribution in [2.75, 3.05) is 7.11 Å². The largest absolute Gasteiger partial charge is 0.497 e. The number of ether oxygens (including phenoxy) is 2. The summed E-state index contributed by atoms with van der Waals surface area (Å²) < 4.78 is 12.5. The smallest absolute Gasteiger partial charge is 0.299 e. The Bertz CT molecular complexity index is 1160. The molecular weight excluding hydrogens is 400 g/mol. The molecule has 0 spiro atoms. The van der Waals surface area contributed by atoms with Crippen molar-refractivity contribution in [3.05, 3.63) is 89.4 Å². The van der Waals surface area contributed by atoms with Gasteiger partial charge in [0.25, 0.3) is 6.47 Å². The van der Waals surface area contributed by atoms with Crippen molar-refractivity contribution in [3.8, 4) is 34.3 Å². The summed E-state index contributed by atoms with van der Waals surface area (Å²) in [5.41, 5.74) is 3.32. The second-order valence-electron chi connectivity index (χ2n) is 6.58. The molecule has 3 aromatic carbocycles. The average molecular weight is 419 g/mol. The van der Waals surface area contributed by atoms with E-state index in [9.17, 15) is 4.79 Å². The maximum Gasteiger partial charge on any atom is 0.299 e. The van der Waals surface area contributed by atoms with E-state index in [-0.39, 0.29) is 5.88 Å². The third-order valence-electron chi connectivity index (χ3n) is 4.76. The number of carbonyl (C=O) groups is 1. The average Bonchev–Trinajstić information content (AvgIpc) is 3.13. The van der Waals surface area contributed by atoms with Crippen molar-refractivity contribution in [3.63, 3.8) is 0 Å². The molecule has 0 unspecified atom stereocenters. The highest BCUT2D eigenvalue weighted by Gasteiger charge is 2.23. The fourth-order valence-corrected chi connectivity index (χ4v) is 3.57. The first-order chi connectivity index (χ1) is 14.7. The van der Waals surface area contributed by atoms with E-state index in [0.717, 1.165) is 22.4 Å². The zero-order valence-corrected chi connectivity index (χ0v) is 17.0. The van der Waals surface area contributed by atoms with Gasteiger partial charge >= 0.3 is 0 Å². The van der Waals surface area contributed by atoms with Gasteiger partial charge in [-0.05, 0) is 23.8 Å². The van der Waals surface area contributed by atoms with Gasteiger partial charge in [-0.3, -0.25) is 4.79 Å². The monoisotopic (exact) mass is 418 g/mol. The fraction of sp³-hybridized carbons (Fsp3) is 0.0833. The van der Waals surface area contributed by atoms with Gasteiger partial charge in [0.2, 0.25) is 5.88 Å². The van der Waals surface area contributed by atoms with Gasteiger partial charge in [-0.2, -0.15) is 4.98 Å². The molecule has 0 saturated carbocycles. The highest BCUT2D eigenvalue weighted by atomic mass is 35.5. The summed E-state index contributed by atoms with van der Waals surface area (Å²) in [7, 11) is 1.64.